The van der Waals surface area contributed by atoms with Gasteiger partial charge in [0.15, 0.2) is 0 Å². The summed E-state index contributed by atoms with van der Waals surface area (Å²) in [5.74, 6) is -4.70. The summed E-state index contributed by atoms with van der Waals surface area (Å²) in [5.41, 5.74) is 2.38. The molecular weight excluding hydrogens is 735 g/mol. The molecule has 0 radical (unpaired) electrons. The molecule has 0 unspecified atom stereocenters. The number of methoxy groups -OCH3 is 1. The van der Waals surface area contributed by atoms with Crippen LogP contribution in [0.5, 0.6) is 5.88 Å². The third kappa shape index (κ3) is 9.31. The van der Waals surface area contributed by atoms with E-state index >= 15 is 8.78 Å². The first-order chi connectivity index (χ1) is 25.6. The van der Waals surface area contributed by atoms with Crippen LogP contribution in [-0.2, 0) is 29.1 Å². The van der Waals surface area contributed by atoms with Crippen LogP contribution in [0.2, 0.25) is 0 Å². The van der Waals surface area contributed by atoms with Gasteiger partial charge in [-0.15, -0.1) is 0 Å². The maximum atomic E-state index is 15.5. The number of carboxylic acids is 2. The molecule has 0 amide bonds. The lowest BCUT2D eigenvalue weighted by Crippen LogP contribution is -2.21. The van der Waals surface area contributed by atoms with E-state index in [0.29, 0.717) is 51.6 Å². The van der Waals surface area contributed by atoms with E-state index in [-0.39, 0.29) is 41.3 Å². The number of halogens is 7. The third-order valence-corrected chi connectivity index (χ3v) is 7.49. The largest absolute Gasteiger partial charge is 0.490 e. The van der Waals surface area contributed by atoms with Gasteiger partial charge >= 0.3 is 24.7 Å². The quantitative estimate of drug-likeness (QED) is 0.129. The van der Waals surface area contributed by atoms with E-state index in [9.17, 15) is 31.9 Å². The highest BCUT2D eigenvalue weighted by Crippen LogP contribution is 2.28. The van der Waals surface area contributed by atoms with Crippen molar-refractivity contribution >= 4 is 23.0 Å². The number of benzene rings is 2. The van der Waals surface area contributed by atoms with Crippen LogP contribution >= 0.6 is 0 Å². The van der Waals surface area contributed by atoms with E-state index in [1.54, 1.807) is 22.8 Å². The number of pyridine rings is 1. The maximum absolute atomic E-state index is 15.5. The Kier molecular flexibility index (Phi) is 11.8. The van der Waals surface area contributed by atoms with E-state index in [4.69, 9.17) is 19.4 Å². The average Bonchev–Trinajstić information content (AvgIpc) is 3.76. The van der Waals surface area contributed by atoms with Crippen LogP contribution in [-0.4, -0.2) is 76.3 Å². The highest BCUT2D eigenvalue weighted by molar-refractivity contribution is 5.92. The van der Waals surface area contributed by atoms with Crippen LogP contribution in [0.1, 0.15) is 34.0 Å². The Labute approximate surface area is 299 Å². The standard InChI is InChI=1S/C32H25F4N7O4.C2HF3O2/c1-46-8-7-42-28-10-18(31(44)45)5-6-26(28)40-29(42)11-19-9-24(34)22(12-23(19)33)25-3-2-4-30(41-25)47-17-21-14-38-27(15-37-21)20-13-39-43(16-20)32(35)36;3-2(4,5)1(6)7/h2-6,9-10,12-16,32H,7-8,11,17H2,1H3,(H,44,45);(H,6,7). The summed E-state index contributed by atoms with van der Waals surface area (Å²) < 4.78 is 101. The first-order valence-corrected chi connectivity index (χ1v) is 15.4. The zero-order chi connectivity index (χ0) is 39.2. The molecule has 0 saturated carbocycles. The second-order valence-electron chi connectivity index (χ2n) is 11.1. The van der Waals surface area contributed by atoms with Gasteiger partial charge in [0.1, 0.15) is 24.1 Å². The van der Waals surface area contributed by atoms with Gasteiger partial charge in [-0.2, -0.15) is 27.1 Å². The van der Waals surface area contributed by atoms with Crippen molar-refractivity contribution in [3.05, 3.63) is 108 Å². The molecule has 282 valence electrons. The fraction of sp³-hybridized carbons (Fsp3) is 0.206. The normalized spacial score (nSPS) is 11.4. The van der Waals surface area contributed by atoms with Gasteiger partial charge in [-0.05, 0) is 42.0 Å². The third-order valence-electron chi connectivity index (χ3n) is 7.49. The Hall–Kier alpha value is -6.44. The van der Waals surface area contributed by atoms with E-state index in [1.807, 2.05) is 0 Å². The summed E-state index contributed by atoms with van der Waals surface area (Å²) in [6, 6.07) is 11.3. The topological polar surface area (TPSA) is 167 Å². The molecule has 0 fully saturated rings. The Morgan fingerprint density at radius 1 is 0.926 bits per heavy atom. The molecule has 6 rings (SSSR count). The van der Waals surface area contributed by atoms with E-state index < -0.39 is 36.3 Å². The number of hydrogen-bond donors (Lipinski definition) is 2. The van der Waals surface area contributed by atoms with Crippen LogP contribution in [0.25, 0.3) is 33.5 Å². The monoisotopic (exact) mass is 761 g/mol. The minimum Gasteiger partial charge on any atom is -0.478 e. The minimum atomic E-state index is -5.08. The molecule has 20 heteroatoms. The molecule has 0 aliphatic heterocycles. The number of aliphatic carboxylic acids is 1. The highest BCUT2D eigenvalue weighted by Gasteiger charge is 2.38. The van der Waals surface area contributed by atoms with Crippen molar-refractivity contribution in [2.24, 2.45) is 0 Å². The first-order valence-electron chi connectivity index (χ1n) is 15.4. The van der Waals surface area contributed by atoms with Crippen LogP contribution in [0, 0.1) is 11.6 Å². The molecule has 13 nitrogen and oxygen atoms in total. The Bertz CT molecular complexity index is 2280. The van der Waals surface area contributed by atoms with Crippen LogP contribution in [0.4, 0.5) is 30.7 Å². The molecule has 4 aromatic heterocycles. The molecule has 0 bridgehead atoms. The van der Waals surface area contributed by atoms with Gasteiger partial charge in [-0.3, -0.25) is 9.97 Å². The number of alkyl halides is 5. The Morgan fingerprint density at radius 2 is 1.69 bits per heavy atom. The summed E-state index contributed by atoms with van der Waals surface area (Å²) in [6.07, 6.45) is 0.0893. The average molecular weight is 762 g/mol. The summed E-state index contributed by atoms with van der Waals surface area (Å²) in [5, 5.41) is 20.1. The predicted molar refractivity (Wildman–Crippen MR) is 173 cm³/mol. The molecular formula is C34H26F7N7O6. The van der Waals surface area contributed by atoms with Gasteiger partial charge in [0, 0.05) is 43.5 Å². The molecule has 54 heavy (non-hydrogen) atoms. The lowest BCUT2D eigenvalue weighted by Gasteiger charge is -2.12. The van der Waals surface area contributed by atoms with Crippen LogP contribution in [0.3, 0.4) is 0 Å². The molecule has 4 heterocycles. The second kappa shape index (κ2) is 16.5. The molecule has 0 atom stereocenters. The number of ether oxygens (including phenoxy) is 2. The smallest absolute Gasteiger partial charge is 0.478 e. The number of carboxylic acid groups (broad SMARTS) is 2. The van der Waals surface area contributed by atoms with Crippen LogP contribution in [0.15, 0.2) is 73.3 Å². The zero-order valence-electron chi connectivity index (χ0n) is 27.6. The molecule has 6 aromatic rings. The Balaban J connectivity index is 0.000000730. The maximum Gasteiger partial charge on any atom is 0.490 e. The molecule has 0 aliphatic carbocycles. The van der Waals surface area contributed by atoms with Crippen molar-refractivity contribution in [3.8, 4) is 28.4 Å². The highest BCUT2D eigenvalue weighted by atomic mass is 19.4. The SMILES string of the molecule is COCCn1c(Cc2cc(F)c(-c3cccc(OCc4cnc(-c5cnn(C(F)F)c5)cn4)n3)cc2F)nc2ccc(C(=O)O)cc21.O=C(O)C(F)(F)F. The van der Waals surface area contributed by atoms with Crippen molar-refractivity contribution in [1.29, 1.82) is 0 Å². The summed E-state index contributed by atoms with van der Waals surface area (Å²) >= 11 is 0. The zero-order valence-corrected chi connectivity index (χ0v) is 27.6. The predicted octanol–water partition coefficient (Wildman–Crippen LogP) is 6.57. The molecule has 0 spiro atoms. The summed E-state index contributed by atoms with van der Waals surface area (Å²) in [4.78, 5) is 37.7. The number of aromatic nitrogens is 7. The Morgan fingerprint density at radius 3 is 2.31 bits per heavy atom. The lowest BCUT2D eigenvalue weighted by atomic mass is 10.0. The van der Waals surface area contributed by atoms with Gasteiger partial charge in [-0.25, -0.2) is 33.0 Å². The number of imidazole rings is 1. The number of fused-ring (bicyclic) bond motifs is 1. The number of hydrogen-bond acceptors (Lipinski definition) is 9. The van der Waals surface area contributed by atoms with Crippen molar-refractivity contribution < 1.29 is 60.0 Å². The van der Waals surface area contributed by atoms with Crippen molar-refractivity contribution in [3.63, 3.8) is 0 Å². The number of carbonyl (C=O) groups is 2. The van der Waals surface area contributed by atoms with Crippen LogP contribution < -0.4 is 4.74 Å². The van der Waals surface area contributed by atoms with Gasteiger partial charge in [0.25, 0.3) is 0 Å². The molecule has 2 N–H and O–H groups in total. The lowest BCUT2D eigenvalue weighted by molar-refractivity contribution is -0.192. The number of nitrogens with zero attached hydrogens (tertiary/aromatic N) is 7. The van der Waals surface area contributed by atoms with E-state index in [0.717, 1.165) is 18.3 Å². The fourth-order valence-electron chi connectivity index (χ4n) is 4.91. The van der Waals surface area contributed by atoms with Crippen molar-refractivity contribution in [2.75, 3.05) is 13.7 Å². The molecule has 2 aromatic carbocycles. The van der Waals surface area contributed by atoms with Crippen molar-refractivity contribution in [2.45, 2.75) is 32.3 Å². The molecule has 0 aliphatic rings. The number of rotatable bonds is 12. The second-order valence-corrected chi connectivity index (χ2v) is 11.1. The van der Waals surface area contributed by atoms with E-state index in [1.165, 1.54) is 43.9 Å². The first kappa shape index (κ1) is 38.8. The van der Waals surface area contributed by atoms with Gasteiger partial charge in [0.05, 0.1) is 58.9 Å². The van der Waals surface area contributed by atoms with Gasteiger partial charge in [0.2, 0.25) is 5.88 Å². The van der Waals surface area contributed by atoms with Gasteiger partial charge < -0.3 is 24.3 Å². The minimum absolute atomic E-state index is 0.0478. The summed E-state index contributed by atoms with van der Waals surface area (Å²) in [6.45, 7) is -2.19. The number of aromatic carboxylic acids is 1. The summed E-state index contributed by atoms with van der Waals surface area (Å²) in [7, 11) is 1.52. The van der Waals surface area contributed by atoms with E-state index in [2.05, 4.69) is 25.0 Å². The fourth-order valence-corrected chi connectivity index (χ4v) is 4.91. The van der Waals surface area contributed by atoms with Gasteiger partial charge in [-0.1, -0.05) is 6.07 Å². The van der Waals surface area contributed by atoms with Crippen molar-refractivity contribution in [1.82, 2.24) is 34.3 Å². The molecule has 0 saturated heterocycles.